The van der Waals surface area contributed by atoms with E-state index in [9.17, 15) is 13.2 Å². The molecule has 3 rings (SSSR count). The molecule has 0 radical (unpaired) electrons. The summed E-state index contributed by atoms with van der Waals surface area (Å²) in [5.41, 5.74) is -0.992. The summed E-state index contributed by atoms with van der Waals surface area (Å²) in [5, 5.41) is 7.06. The molecule has 0 saturated carbocycles. The van der Waals surface area contributed by atoms with Crippen molar-refractivity contribution in [3.63, 3.8) is 0 Å². The van der Waals surface area contributed by atoms with Gasteiger partial charge in [0, 0.05) is 22.8 Å². The monoisotopic (exact) mass is 353 g/mol. The van der Waals surface area contributed by atoms with Gasteiger partial charge in [0.15, 0.2) is 5.69 Å². The van der Waals surface area contributed by atoms with Gasteiger partial charge in [-0.15, -0.1) is 11.8 Å². The molecule has 0 amide bonds. The lowest BCUT2D eigenvalue weighted by Gasteiger charge is -2.15. The van der Waals surface area contributed by atoms with Crippen LogP contribution in [-0.2, 0) is 6.18 Å². The number of hydrogen-bond acceptors (Lipinski definition) is 5. The first kappa shape index (κ1) is 16.6. The maximum Gasteiger partial charge on any atom is 0.433 e. The molecule has 1 N–H and O–H groups in total. The van der Waals surface area contributed by atoms with Gasteiger partial charge in [-0.05, 0) is 12.1 Å². The predicted molar refractivity (Wildman–Crippen MR) is 86.0 cm³/mol. The molecule has 5 nitrogen and oxygen atoms in total. The Bertz CT molecular complexity index is 819. The number of hydrogen-bond donors (Lipinski definition) is 1. The lowest BCUT2D eigenvalue weighted by atomic mass is 10.3. The Kier molecular flexibility index (Phi) is 4.61. The van der Waals surface area contributed by atoms with Crippen molar-refractivity contribution in [1.29, 1.82) is 0 Å². The molecule has 0 saturated heterocycles. The minimum absolute atomic E-state index is 0.0873. The van der Waals surface area contributed by atoms with Gasteiger partial charge < -0.3 is 5.32 Å². The molecule has 1 atom stereocenters. The molecule has 24 heavy (non-hydrogen) atoms. The number of alkyl halides is 3. The lowest BCUT2D eigenvalue weighted by molar-refractivity contribution is -0.141. The molecule has 0 aliphatic heterocycles. The minimum atomic E-state index is -4.53. The molecule has 1 unspecified atom stereocenters. The van der Waals surface area contributed by atoms with Gasteiger partial charge in [-0.25, -0.2) is 4.98 Å². The van der Waals surface area contributed by atoms with E-state index in [2.05, 4.69) is 20.4 Å². The third kappa shape index (κ3) is 3.78. The highest BCUT2D eigenvalue weighted by Crippen LogP contribution is 2.30. The Labute approximate surface area is 140 Å². The number of nitrogens with zero attached hydrogens (tertiary/aromatic N) is 4. The first-order valence-corrected chi connectivity index (χ1v) is 8.05. The van der Waals surface area contributed by atoms with Crippen molar-refractivity contribution in [3.8, 4) is 0 Å². The number of anilines is 1. The molecule has 126 valence electrons. The highest BCUT2D eigenvalue weighted by atomic mass is 32.2. The van der Waals surface area contributed by atoms with Crippen molar-refractivity contribution in [3.05, 3.63) is 48.4 Å². The van der Waals surface area contributed by atoms with Gasteiger partial charge in [0.2, 0.25) is 0 Å². The van der Waals surface area contributed by atoms with E-state index in [0.29, 0.717) is 6.54 Å². The van der Waals surface area contributed by atoms with Gasteiger partial charge in [0.25, 0.3) is 5.78 Å². The van der Waals surface area contributed by atoms with Gasteiger partial charge in [0.1, 0.15) is 12.1 Å². The van der Waals surface area contributed by atoms with Crippen molar-refractivity contribution >= 4 is 23.4 Å². The molecule has 0 aliphatic rings. The summed E-state index contributed by atoms with van der Waals surface area (Å²) in [4.78, 5) is 8.33. The standard InChI is InChI=1S/C15H14F3N5S/c1-10(24-11-5-3-2-4-6-11)8-19-13-7-12(15(16,17)18)22-14-20-9-21-23(13)14/h2-7,9-10,19H,8H2,1H3. The number of thioether (sulfide) groups is 1. The van der Waals surface area contributed by atoms with E-state index in [0.717, 1.165) is 11.0 Å². The van der Waals surface area contributed by atoms with E-state index in [1.165, 1.54) is 10.8 Å². The van der Waals surface area contributed by atoms with Gasteiger partial charge in [-0.1, -0.05) is 25.1 Å². The number of rotatable bonds is 5. The van der Waals surface area contributed by atoms with Crippen LogP contribution in [0.5, 0.6) is 0 Å². The van der Waals surface area contributed by atoms with Gasteiger partial charge in [0.05, 0.1) is 0 Å². The van der Waals surface area contributed by atoms with E-state index in [4.69, 9.17) is 0 Å². The van der Waals surface area contributed by atoms with Crippen LogP contribution in [-0.4, -0.2) is 31.4 Å². The fourth-order valence-corrected chi connectivity index (χ4v) is 3.05. The molecule has 0 bridgehead atoms. The average Bonchev–Trinajstić information content (AvgIpc) is 3.01. The first-order valence-electron chi connectivity index (χ1n) is 7.17. The summed E-state index contributed by atoms with van der Waals surface area (Å²) in [6.07, 6.45) is -3.36. The quantitative estimate of drug-likeness (QED) is 0.708. The number of fused-ring (bicyclic) bond motifs is 1. The molecule has 2 heterocycles. The number of halogens is 3. The largest absolute Gasteiger partial charge is 0.433 e. The number of benzene rings is 1. The molecular weight excluding hydrogens is 339 g/mol. The molecule has 1 aromatic carbocycles. The van der Waals surface area contributed by atoms with Crippen molar-refractivity contribution < 1.29 is 13.2 Å². The van der Waals surface area contributed by atoms with Crippen molar-refractivity contribution in [1.82, 2.24) is 19.6 Å². The van der Waals surface area contributed by atoms with E-state index < -0.39 is 11.9 Å². The second kappa shape index (κ2) is 6.68. The fourth-order valence-electron chi connectivity index (χ4n) is 2.10. The predicted octanol–water partition coefficient (Wildman–Crippen LogP) is 3.74. The lowest BCUT2D eigenvalue weighted by Crippen LogP contribution is -2.18. The van der Waals surface area contributed by atoms with Crippen molar-refractivity contribution in [2.75, 3.05) is 11.9 Å². The maximum atomic E-state index is 12.9. The second-order valence-corrected chi connectivity index (χ2v) is 6.63. The van der Waals surface area contributed by atoms with E-state index in [-0.39, 0.29) is 16.8 Å². The third-order valence-corrected chi connectivity index (χ3v) is 4.31. The van der Waals surface area contributed by atoms with E-state index in [1.807, 2.05) is 37.3 Å². The second-order valence-electron chi connectivity index (χ2n) is 5.12. The van der Waals surface area contributed by atoms with Crippen LogP contribution in [0.2, 0.25) is 0 Å². The van der Waals surface area contributed by atoms with Crippen LogP contribution in [0.15, 0.2) is 47.6 Å². The zero-order valence-electron chi connectivity index (χ0n) is 12.7. The smallest absolute Gasteiger partial charge is 0.369 e. The first-order chi connectivity index (χ1) is 11.4. The van der Waals surface area contributed by atoms with Crippen molar-refractivity contribution in [2.24, 2.45) is 0 Å². The molecule has 0 fully saturated rings. The van der Waals surface area contributed by atoms with E-state index >= 15 is 0 Å². The van der Waals surface area contributed by atoms with Gasteiger partial charge in [-0.2, -0.15) is 27.8 Å². The summed E-state index contributed by atoms with van der Waals surface area (Å²) < 4.78 is 40.1. The Balaban J connectivity index is 1.76. The molecule has 2 aromatic heterocycles. The fraction of sp³-hybridized carbons (Fsp3) is 0.267. The van der Waals surface area contributed by atoms with Crippen LogP contribution < -0.4 is 5.32 Å². The summed E-state index contributed by atoms with van der Waals surface area (Å²) in [6, 6.07) is 10.8. The Morgan fingerprint density at radius 2 is 2.00 bits per heavy atom. The molecule has 3 aromatic rings. The normalized spacial score (nSPS) is 13.2. The van der Waals surface area contributed by atoms with E-state index in [1.54, 1.807) is 11.8 Å². The molecular formula is C15H14F3N5S. The highest BCUT2D eigenvalue weighted by molar-refractivity contribution is 8.00. The van der Waals surface area contributed by atoms with Crippen LogP contribution >= 0.6 is 11.8 Å². The maximum absolute atomic E-state index is 12.9. The Hall–Kier alpha value is -2.29. The van der Waals surface area contributed by atoms with Crippen LogP contribution in [0.25, 0.3) is 5.78 Å². The van der Waals surface area contributed by atoms with Crippen LogP contribution in [0.1, 0.15) is 12.6 Å². The van der Waals surface area contributed by atoms with Crippen molar-refractivity contribution in [2.45, 2.75) is 23.2 Å². The molecule has 9 heteroatoms. The molecule has 0 aliphatic carbocycles. The number of nitrogens with one attached hydrogen (secondary N) is 1. The summed E-state index contributed by atoms with van der Waals surface area (Å²) in [7, 11) is 0. The van der Waals surface area contributed by atoms with Crippen LogP contribution in [0.3, 0.4) is 0 Å². The topological polar surface area (TPSA) is 55.1 Å². The van der Waals surface area contributed by atoms with Crippen LogP contribution in [0, 0.1) is 0 Å². The zero-order chi connectivity index (χ0) is 17.2. The summed E-state index contributed by atoms with van der Waals surface area (Å²) in [5.74, 6) is 0.126. The Morgan fingerprint density at radius 1 is 1.25 bits per heavy atom. The summed E-state index contributed by atoms with van der Waals surface area (Å²) in [6.45, 7) is 2.46. The molecule has 0 spiro atoms. The summed E-state index contributed by atoms with van der Waals surface area (Å²) >= 11 is 1.63. The average molecular weight is 353 g/mol. The minimum Gasteiger partial charge on any atom is -0.369 e. The van der Waals surface area contributed by atoms with Gasteiger partial charge in [-0.3, -0.25) is 0 Å². The zero-order valence-corrected chi connectivity index (χ0v) is 13.5. The van der Waals surface area contributed by atoms with Gasteiger partial charge >= 0.3 is 6.18 Å². The Morgan fingerprint density at radius 3 is 2.71 bits per heavy atom. The highest BCUT2D eigenvalue weighted by Gasteiger charge is 2.34. The number of aromatic nitrogens is 4. The third-order valence-electron chi connectivity index (χ3n) is 3.19. The SMILES string of the molecule is CC(CNc1cc(C(F)(F)F)nc2ncnn12)Sc1ccccc1. The van der Waals surface area contributed by atoms with Crippen LogP contribution in [0.4, 0.5) is 19.0 Å².